The van der Waals surface area contributed by atoms with Gasteiger partial charge in [0, 0.05) is 27.9 Å². The van der Waals surface area contributed by atoms with Gasteiger partial charge in [0.25, 0.3) is 12.0 Å². The number of aromatic amines is 1. The average molecular weight is 548 g/mol. The Morgan fingerprint density at radius 2 is 1.76 bits per heavy atom. The van der Waals surface area contributed by atoms with Crippen LogP contribution in [-0.2, 0) is 14.5 Å². The van der Waals surface area contributed by atoms with Crippen molar-refractivity contribution in [1.82, 2.24) is 4.98 Å². The summed E-state index contributed by atoms with van der Waals surface area (Å²) in [7, 11) is 1.52. The summed E-state index contributed by atoms with van der Waals surface area (Å²) in [6.45, 7) is 3.37. The number of anilines is 1. The van der Waals surface area contributed by atoms with E-state index in [0.717, 1.165) is 10.9 Å². The van der Waals surface area contributed by atoms with E-state index in [4.69, 9.17) is 38.0 Å². The Morgan fingerprint density at radius 3 is 2.30 bits per heavy atom. The molecule has 0 aliphatic carbocycles. The van der Waals surface area contributed by atoms with Gasteiger partial charge in [-0.05, 0) is 37.3 Å². The molecule has 3 rings (SSSR count). The molecule has 1 amide bonds. The molecule has 8 nitrogen and oxygen atoms in total. The molecule has 0 saturated heterocycles. The summed E-state index contributed by atoms with van der Waals surface area (Å²) < 4.78 is 5.07. The number of rotatable bonds is 4. The van der Waals surface area contributed by atoms with Crippen molar-refractivity contribution in [3.05, 3.63) is 68.4 Å². The van der Waals surface area contributed by atoms with Crippen LogP contribution in [0.25, 0.3) is 10.9 Å². The first-order chi connectivity index (χ1) is 14.8. The molecule has 2 aromatic carbocycles. The van der Waals surface area contributed by atoms with Gasteiger partial charge >= 0.3 is 103 Å². The van der Waals surface area contributed by atoms with Gasteiger partial charge in [-0.2, -0.15) is 0 Å². The maximum absolute atomic E-state index is 11.2. The van der Waals surface area contributed by atoms with Crippen LogP contribution in [0.1, 0.15) is 20.3 Å². The minimum absolute atomic E-state index is 0. The first-order valence-corrected chi connectivity index (χ1v) is 9.67. The van der Waals surface area contributed by atoms with E-state index in [2.05, 4.69) is 15.2 Å². The number of ether oxygens (including phenoxy) is 1. The topological polar surface area (TPSA) is 121 Å². The van der Waals surface area contributed by atoms with Crippen molar-refractivity contribution in [2.75, 3.05) is 12.4 Å². The Bertz CT molecular complexity index is 1100. The van der Waals surface area contributed by atoms with Crippen molar-refractivity contribution in [2.45, 2.75) is 20.3 Å². The molecule has 168 valence electrons. The number of aromatic nitrogens is 1. The summed E-state index contributed by atoms with van der Waals surface area (Å²) in [4.78, 5) is 36.4. The van der Waals surface area contributed by atoms with Crippen LogP contribution >= 0.6 is 23.2 Å². The third kappa shape index (κ3) is 12.1. The van der Waals surface area contributed by atoms with Crippen LogP contribution in [0.2, 0.25) is 10.0 Å². The van der Waals surface area contributed by atoms with Crippen LogP contribution in [0.5, 0.6) is 5.75 Å². The molecule has 0 aliphatic rings. The van der Waals surface area contributed by atoms with Gasteiger partial charge in [-0.25, -0.2) is 0 Å². The van der Waals surface area contributed by atoms with E-state index in [0.29, 0.717) is 33.5 Å². The second-order valence-electron chi connectivity index (χ2n) is 5.90. The number of hydrogen-bond donors (Lipinski definition) is 2. The summed E-state index contributed by atoms with van der Waals surface area (Å²) >= 11 is 11.8. The standard InChI is InChI=1S/C10H12ClNO2.C10H8ClNO.CH2O3.2K.H/c1-3-9(13)12-8-6-4-5-7(11)10(8)14-2;1-6-5-7-8(11)3-2-4-9(7)12-10(6)13;2-1-4-3;;;/h4-6H,3H2,1-2H3,(H,12,13);2-5H,1H3,(H,12,13);1,3H;;;/q;;;2*+1;-1/p-1. The second-order valence-corrected chi connectivity index (χ2v) is 6.71. The number of nitrogens with one attached hydrogen (secondary N) is 2. The fourth-order valence-electron chi connectivity index (χ4n) is 2.35. The van der Waals surface area contributed by atoms with Gasteiger partial charge in [0.15, 0.2) is 5.75 Å². The van der Waals surface area contributed by atoms with Crippen LogP contribution in [0.4, 0.5) is 5.69 Å². The fourth-order valence-corrected chi connectivity index (χ4v) is 2.83. The number of pyridine rings is 1. The molecular formula is C21H22Cl2K2N2O6. The summed E-state index contributed by atoms with van der Waals surface area (Å²) in [6, 6.07) is 12.5. The maximum Gasteiger partial charge on any atom is 1.00 e. The van der Waals surface area contributed by atoms with Crippen LogP contribution < -0.4 is 124 Å². The van der Waals surface area contributed by atoms with Crippen molar-refractivity contribution in [2.24, 2.45) is 0 Å². The fraction of sp³-hybridized carbons (Fsp3) is 0.190. The first kappa shape index (κ1) is 35.4. The molecule has 0 unspecified atom stereocenters. The average Bonchev–Trinajstić information content (AvgIpc) is 2.76. The third-order valence-corrected chi connectivity index (χ3v) is 4.45. The van der Waals surface area contributed by atoms with E-state index in [1.807, 2.05) is 18.2 Å². The summed E-state index contributed by atoms with van der Waals surface area (Å²) in [5, 5.41) is 13.2. The predicted molar refractivity (Wildman–Crippen MR) is 120 cm³/mol. The number of aryl methyl sites for hydroxylation is 1. The zero-order valence-electron chi connectivity index (χ0n) is 20.0. The van der Waals surface area contributed by atoms with Crippen LogP contribution in [0.15, 0.2) is 47.3 Å². The molecule has 3 aromatic rings. The summed E-state index contributed by atoms with van der Waals surface area (Å²) in [6.07, 6.45) is 0.426. The number of benzene rings is 2. The van der Waals surface area contributed by atoms with Crippen molar-refractivity contribution >= 4 is 52.2 Å². The van der Waals surface area contributed by atoms with E-state index in [1.165, 1.54) is 7.11 Å². The number of hydrogen-bond acceptors (Lipinski definition) is 6. The molecule has 0 bridgehead atoms. The Kier molecular flexibility index (Phi) is 20.8. The number of fused-ring (bicyclic) bond motifs is 1. The molecule has 0 aliphatic heterocycles. The van der Waals surface area contributed by atoms with Gasteiger partial charge in [0.05, 0.1) is 17.8 Å². The molecule has 0 saturated carbocycles. The number of H-pyrrole nitrogens is 1. The minimum Gasteiger partial charge on any atom is -1.00 e. The Balaban J connectivity index is -0.000000455. The van der Waals surface area contributed by atoms with E-state index in [1.54, 1.807) is 38.1 Å². The minimum atomic E-state index is -0.181. The number of carbonyl (C=O) groups is 2. The number of para-hydroxylation sites is 1. The van der Waals surface area contributed by atoms with Crippen molar-refractivity contribution in [3.8, 4) is 5.75 Å². The van der Waals surface area contributed by atoms with E-state index < -0.39 is 0 Å². The third-order valence-electron chi connectivity index (χ3n) is 3.83. The Hall–Kier alpha value is 0.203. The molecule has 1 heterocycles. The van der Waals surface area contributed by atoms with Gasteiger partial charge in [-0.3, -0.25) is 14.4 Å². The quantitative estimate of drug-likeness (QED) is 0.165. The van der Waals surface area contributed by atoms with Crippen LogP contribution in [0, 0.1) is 6.92 Å². The normalized spacial score (nSPS) is 8.91. The van der Waals surface area contributed by atoms with Gasteiger partial charge < -0.3 is 26.6 Å². The molecule has 12 heteroatoms. The Labute approximate surface area is 288 Å². The SMILES string of the molecule is CCC(=O)Nc1cccc(Cl)c1OC.Cc1cc2c(Cl)cccc2[nH]c1=O.O=CO[O-].[H-].[K+].[K+]. The van der Waals surface area contributed by atoms with Crippen LogP contribution in [-0.4, -0.2) is 24.5 Å². The zero-order chi connectivity index (χ0) is 23.4. The number of carbonyl (C=O) groups excluding carboxylic acids is 2. The van der Waals surface area contributed by atoms with Crippen molar-refractivity contribution in [3.63, 3.8) is 0 Å². The molecule has 1 aromatic heterocycles. The molecule has 0 spiro atoms. The zero-order valence-corrected chi connectivity index (χ0v) is 26.8. The Morgan fingerprint density at radius 1 is 1.18 bits per heavy atom. The van der Waals surface area contributed by atoms with E-state index >= 15 is 0 Å². The largest absolute Gasteiger partial charge is 1.00 e. The van der Waals surface area contributed by atoms with Gasteiger partial charge in [-0.15, -0.1) is 0 Å². The predicted octanol–water partition coefficient (Wildman–Crippen LogP) is -2.26. The van der Waals surface area contributed by atoms with E-state index in [9.17, 15) is 9.59 Å². The number of amides is 1. The number of halogens is 2. The maximum atomic E-state index is 11.2. The summed E-state index contributed by atoms with van der Waals surface area (Å²) in [5.41, 5.74) is 2.00. The van der Waals surface area contributed by atoms with E-state index in [-0.39, 0.29) is 122 Å². The molecule has 0 radical (unpaired) electrons. The van der Waals surface area contributed by atoms with Crippen molar-refractivity contribution in [1.29, 1.82) is 0 Å². The van der Waals surface area contributed by atoms with Gasteiger partial charge in [-0.1, -0.05) is 42.3 Å². The second kappa shape index (κ2) is 19.4. The molecule has 0 atom stereocenters. The smallest absolute Gasteiger partial charge is 1.00 e. The molecule has 33 heavy (non-hydrogen) atoms. The molecule has 0 fully saturated rings. The summed E-state index contributed by atoms with van der Waals surface area (Å²) in [5.74, 6) is 0.432. The van der Waals surface area contributed by atoms with Crippen LogP contribution in [0.3, 0.4) is 0 Å². The monoisotopic (exact) mass is 546 g/mol. The molecule has 2 N–H and O–H groups in total. The first-order valence-electron chi connectivity index (χ1n) is 8.91. The number of methoxy groups -OCH3 is 1. The van der Waals surface area contributed by atoms with Crippen molar-refractivity contribution < 1.29 is 129 Å². The van der Waals surface area contributed by atoms with Gasteiger partial charge in [0.1, 0.15) is 0 Å². The molecular weight excluding hydrogens is 525 g/mol. The van der Waals surface area contributed by atoms with Gasteiger partial charge in [0.2, 0.25) is 5.91 Å².